The van der Waals surface area contributed by atoms with Gasteiger partial charge < -0.3 is 14.4 Å². The van der Waals surface area contributed by atoms with Crippen molar-refractivity contribution in [2.24, 2.45) is 0 Å². The lowest BCUT2D eigenvalue weighted by Gasteiger charge is -2.30. The van der Waals surface area contributed by atoms with Gasteiger partial charge in [0.15, 0.2) is 23.9 Å². The van der Waals surface area contributed by atoms with Crippen LogP contribution in [0.15, 0.2) is 48.5 Å². The molecular weight excluding hydrogens is 424 g/mol. The van der Waals surface area contributed by atoms with Gasteiger partial charge in [0.2, 0.25) is 0 Å². The fourth-order valence-electron chi connectivity index (χ4n) is 3.42. The number of nitro groups is 1. The number of non-ortho nitro benzene ring substituents is 1. The van der Waals surface area contributed by atoms with Crippen LogP contribution in [0.3, 0.4) is 0 Å². The van der Waals surface area contributed by atoms with Gasteiger partial charge in [-0.2, -0.15) is 0 Å². The molecule has 2 aromatic rings. The van der Waals surface area contributed by atoms with E-state index in [1.807, 2.05) is 34.6 Å². The fraction of sp³-hybridized carbons (Fsp3) is 0.360. The summed E-state index contributed by atoms with van der Waals surface area (Å²) in [5.74, 6) is 0.517. The maximum Gasteiger partial charge on any atom is 0.269 e. The highest BCUT2D eigenvalue weighted by Gasteiger charge is 2.21. The molecule has 0 bridgehead atoms. The van der Waals surface area contributed by atoms with E-state index in [0.717, 1.165) is 0 Å². The SMILES string of the molecule is CCOc1cc(/C=C/C(=O)c2ccc([N+](=O)[O-])cc2)ccc1OCC(=O)N(C(C)C)C(C)C. The standard InChI is InChI=1S/C25H30N2O6/c1-6-32-24-15-19(7-13-22(28)20-9-11-21(12-10-20)27(30)31)8-14-23(24)33-16-25(29)26(17(2)3)18(4)5/h7-15,17-18H,6,16H2,1-5H3/b13-7+. The Bertz CT molecular complexity index is 1000. The normalized spacial score (nSPS) is 11.1. The molecular formula is C25H30N2O6. The zero-order valence-corrected chi connectivity index (χ0v) is 19.6. The number of carbonyl (C=O) groups is 2. The summed E-state index contributed by atoms with van der Waals surface area (Å²) < 4.78 is 11.4. The molecule has 1 amide bonds. The Labute approximate surface area is 194 Å². The Morgan fingerprint density at radius 3 is 2.18 bits per heavy atom. The van der Waals surface area contributed by atoms with Crippen molar-refractivity contribution in [2.45, 2.75) is 46.7 Å². The van der Waals surface area contributed by atoms with Crippen LogP contribution in [0.1, 0.15) is 50.5 Å². The minimum absolute atomic E-state index is 0.0632. The van der Waals surface area contributed by atoms with Gasteiger partial charge in [-0.05, 0) is 70.5 Å². The molecule has 0 spiro atoms. The number of nitro benzene ring substituents is 1. The van der Waals surface area contributed by atoms with Crippen molar-refractivity contribution >= 4 is 23.5 Å². The molecule has 0 aliphatic heterocycles. The first kappa shape index (κ1) is 25.6. The van der Waals surface area contributed by atoms with E-state index in [0.29, 0.717) is 29.2 Å². The van der Waals surface area contributed by atoms with Gasteiger partial charge in [0.1, 0.15) is 0 Å². The first-order valence-electron chi connectivity index (χ1n) is 10.8. The molecule has 8 heteroatoms. The number of rotatable bonds is 11. The Morgan fingerprint density at radius 1 is 1.00 bits per heavy atom. The largest absolute Gasteiger partial charge is 0.490 e. The highest BCUT2D eigenvalue weighted by Crippen LogP contribution is 2.29. The summed E-state index contributed by atoms with van der Waals surface area (Å²) >= 11 is 0. The molecule has 0 unspecified atom stereocenters. The summed E-state index contributed by atoms with van der Waals surface area (Å²) in [6, 6.07) is 10.7. The Kier molecular flexibility index (Phi) is 9.15. The third-order valence-corrected chi connectivity index (χ3v) is 4.81. The molecule has 33 heavy (non-hydrogen) atoms. The van der Waals surface area contributed by atoms with Gasteiger partial charge in [0.25, 0.3) is 11.6 Å². The lowest BCUT2D eigenvalue weighted by molar-refractivity contribution is -0.384. The maximum absolute atomic E-state index is 12.6. The molecule has 2 rings (SSSR count). The minimum Gasteiger partial charge on any atom is -0.490 e. The predicted octanol–water partition coefficient (Wildman–Crippen LogP) is 4.91. The number of carbonyl (C=O) groups excluding carboxylic acids is 2. The monoisotopic (exact) mass is 454 g/mol. The van der Waals surface area contributed by atoms with E-state index in [4.69, 9.17) is 9.47 Å². The zero-order valence-electron chi connectivity index (χ0n) is 19.6. The third kappa shape index (κ3) is 7.17. The molecule has 0 aliphatic rings. The van der Waals surface area contributed by atoms with Crippen molar-refractivity contribution in [2.75, 3.05) is 13.2 Å². The van der Waals surface area contributed by atoms with Crippen LogP contribution in [0.4, 0.5) is 5.69 Å². The molecule has 0 saturated carbocycles. The summed E-state index contributed by atoms with van der Waals surface area (Å²) in [4.78, 5) is 36.9. The molecule has 8 nitrogen and oxygen atoms in total. The van der Waals surface area contributed by atoms with Gasteiger partial charge in [0, 0.05) is 29.8 Å². The maximum atomic E-state index is 12.6. The Balaban J connectivity index is 2.12. The number of nitrogens with zero attached hydrogens (tertiary/aromatic N) is 2. The average molecular weight is 455 g/mol. The van der Waals surface area contributed by atoms with Crippen LogP contribution in [0, 0.1) is 10.1 Å². The first-order valence-corrected chi connectivity index (χ1v) is 10.8. The number of amides is 1. The number of hydrogen-bond acceptors (Lipinski definition) is 6. The Hall–Kier alpha value is -3.68. The molecule has 0 fully saturated rings. The van der Waals surface area contributed by atoms with Crippen LogP contribution in [0.5, 0.6) is 11.5 Å². The Morgan fingerprint density at radius 2 is 1.64 bits per heavy atom. The molecule has 176 valence electrons. The molecule has 0 heterocycles. The van der Waals surface area contributed by atoms with Crippen molar-refractivity contribution < 1.29 is 24.0 Å². The van der Waals surface area contributed by atoms with Crippen LogP contribution in [0.2, 0.25) is 0 Å². The topological polar surface area (TPSA) is 99.0 Å². The molecule has 2 aromatic carbocycles. The smallest absolute Gasteiger partial charge is 0.269 e. The quantitative estimate of drug-likeness (QED) is 0.207. The van der Waals surface area contributed by atoms with Crippen LogP contribution in [0.25, 0.3) is 6.08 Å². The van der Waals surface area contributed by atoms with Crippen molar-refractivity contribution in [1.29, 1.82) is 0 Å². The minimum atomic E-state index is -0.514. The number of ether oxygens (including phenoxy) is 2. The van der Waals surface area contributed by atoms with E-state index in [-0.39, 0.29) is 36.1 Å². The average Bonchev–Trinajstić information content (AvgIpc) is 2.76. The summed E-state index contributed by atoms with van der Waals surface area (Å²) in [7, 11) is 0. The summed E-state index contributed by atoms with van der Waals surface area (Å²) in [6.07, 6.45) is 3.01. The van der Waals surface area contributed by atoms with Gasteiger partial charge in [-0.1, -0.05) is 12.1 Å². The zero-order chi connectivity index (χ0) is 24.5. The van der Waals surface area contributed by atoms with Crippen molar-refractivity contribution in [1.82, 2.24) is 4.90 Å². The molecule has 0 N–H and O–H groups in total. The van der Waals surface area contributed by atoms with Crippen LogP contribution < -0.4 is 9.47 Å². The molecule has 0 saturated heterocycles. The first-order chi connectivity index (χ1) is 15.6. The summed E-state index contributed by atoms with van der Waals surface area (Å²) in [5, 5.41) is 10.7. The number of allylic oxidation sites excluding steroid dienone is 1. The van der Waals surface area contributed by atoms with Gasteiger partial charge in [-0.25, -0.2) is 0 Å². The van der Waals surface area contributed by atoms with Crippen molar-refractivity contribution in [3.63, 3.8) is 0 Å². The van der Waals surface area contributed by atoms with E-state index in [9.17, 15) is 19.7 Å². The second kappa shape index (κ2) is 11.8. The van der Waals surface area contributed by atoms with E-state index >= 15 is 0 Å². The van der Waals surface area contributed by atoms with E-state index < -0.39 is 4.92 Å². The number of benzene rings is 2. The van der Waals surface area contributed by atoms with Crippen molar-refractivity contribution in [3.05, 3.63) is 69.8 Å². The van der Waals surface area contributed by atoms with Gasteiger partial charge >= 0.3 is 0 Å². The van der Waals surface area contributed by atoms with Crippen LogP contribution in [-0.4, -0.2) is 46.8 Å². The number of hydrogen-bond donors (Lipinski definition) is 0. The van der Waals surface area contributed by atoms with Crippen molar-refractivity contribution in [3.8, 4) is 11.5 Å². The summed E-state index contributed by atoms with van der Waals surface area (Å²) in [5.41, 5.74) is 0.981. The highest BCUT2D eigenvalue weighted by molar-refractivity contribution is 6.06. The molecule has 0 atom stereocenters. The van der Waals surface area contributed by atoms with E-state index in [2.05, 4.69) is 0 Å². The fourth-order valence-corrected chi connectivity index (χ4v) is 3.42. The highest BCUT2D eigenvalue weighted by atomic mass is 16.6. The lowest BCUT2D eigenvalue weighted by atomic mass is 10.1. The van der Waals surface area contributed by atoms with E-state index in [1.165, 1.54) is 30.3 Å². The van der Waals surface area contributed by atoms with Gasteiger partial charge in [-0.15, -0.1) is 0 Å². The lowest BCUT2D eigenvalue weighted by Crippen LogP contribution is -2.44. The second-order valence-electron chi connectivity index (χ2n) is 7.92. The number of ketones is 1. The van der Waals surface area contributed by atoms with Gasteiger partial charge in [0.05, 0.1) is 11.5 Å². The predicted molar refractivity (Wildman–Crippen MR) is 127 cm³/mol. The van der Waals surface area contributed by atoms with Crippen LogP contribution >= 0.6 is 0 Å². The van der Waals surface area contributed by atoms with E-state index in [1.54, 1.807) is 29.2 Å². The molecule has 0 radical (unpaired) electrons. The second-order valence-corrected chi connectivity index (χ2v) is 7.92. The van der Waals surface area contributed by atoms with Crippen LogP contribution in [-0.2, 0) is 4.79 Å². The third-order valence-electron chi connectivity index (χ3n) is 4.81. The molecule has 0 aliphatic carbocycles. The van der Waals surface area contributed by atoms with Gasteiger partial charge in [-0.3, -0.25) is 19.7 Å². The summed E-state index contributed by atoms with van der Waals surface area (Å²) in [6.45, 7) is 9.99. The molecule has 0 aromatic heterocycles.